The van der Waals surface area contributed by atoms with Crippen LogP contribution in [-0.4, -0.2) is 30.3 Å². The quantitative estimate of drug-likeness (QED) is 0.289. The van der Waals surface area contributed by atoms with E-state index < -0.39 is 11.9 Å². The van der Waals surface area contributed by atoms with E-state index in [1.165, 1.54) is 6.92 Å². The fourth-order valence-corrected chi connectivity index (χ4v) is 3.63. The third-order valence-corrected chi connectivity index (χ3v) is 4.90. The van der Waals surface area contributed by atoms with E-state index in [1.807, 2.05) is 22.3 Å². The molecule has 138 valence electrons. The highest BCUT2D eigenvalue weighted by Gasteiger charge is 2.30. The van der Waals surface area contributed by atoms with Crippen LogP contribution in [-0.2, 0) is 20.7 Å². The molecule has 6 heteroatoms. The zero-order valence-corrected chi connectivity index (χ0v) is 16.7. The molecule has 0 amide bonds. The molecule has 26 heavy (non-hydrogen) atoms. The zero-order chi connectivity index (χ0) is 18.5. The molecule has 0 aliphatic carbocycles. The SMILES string of the molecule is CC(=O)Oc1cccc2c1C(=O)O[C@@H](C/C=C\I)C[C@H]1CC=C[C@H](C2)O1. The second-order valence-corrected chi connectivity index (χ2v) is 7.13. The first-order chi connectivity index (χ1) is 12.6. The summed E-state index contributed by atoms with van der Waals surface area (Å²) in [5, 5.41) is 0. The summed E-state index contributed by atoms with van der Waals surface area (Å²) in [5.74, 6) is -0.686. The fourth-order valence-electron chi connectivity index (χ4n) is 3.33. The second kappa shape index (κ2) is 8.81. The lowest BCUT2D eigenvalue weighted by Crippen LogP contribution is -2.33. The van der Waals surface area contributed by atoms with Gasteiger partial charge in [0.1, 0.15) is 17.4 Å². The van der Waals surface area contributed by atoms with Gasteiger partial charge in [-0.3, -0.25) is 4.79 Å². The molecule has 5 nitrogen and oxygen atoms in total. The number of benzene rings is 1. The molecule has 2 bridgehead atoms. The first-order valence-corrected chi connectivity index (χ1v) is 9.90. The van der Waals surface area contributed by atoms with Crippen LogP contribution in [0.15, 0.2) is 40.5 Å². The predicted molar refractivity (Wildman–Crippen MR) is 105 cm³/mol. The van der Waals surface area contributed by atoms with Gasteiger partial charge in [0.25, 0.3) is 0 Å². The van der Waals surface area contributed by atoms with Gasteiger partial charge in [0.2, 0.25) is 0 Å². The molecule has 0 unspecified atom stereocenters. The van der Waals surface area contributed by atoms with Gasteiger partial charge in [0.05, 0.1) is 12.2 Å². The van der Waals surface area contributed by atoms with E-state index in [9.17, 15) is 9.59 Å². The minimum atomic E-state index is -0.471. The fraction of sp³-hybridized carbons (Fsp3) is 0.400. The van der Waals surface area contributed by atoms with Crippen LogP contribution < -0.4 is 4.74 Å². The van der Waals surface area contributed by atoms with Gasteiger partial charge in [0, 0.05) is 26.2 Å². The van der Waals surface area contributed by atoms with Crippen molar-refractivity contribution in [3.63, 3.8) is 0 Å². The van der Waals surface area contributed by atoms with Gasteiger partial charge in [0.15, 0.2) is 0 Å². The average Bonchev–Trinajstić information content (AvgIpc) is 2.59. The van der Waals surface area contributed by atoms with E-state index in [4.69, 9.17) is 14.2 Å². The number of hydrogen-bond donors (Lipinski definition) is 0. The molecule has 0 aromatic heterocycles. The number of esters is 2. The number of rotatable bonds is 3. The normalized spacial score (nSPS) is 25.5. The van der Waals surface area contributed by atoms with Gasteiger partial charge < -0.3 is 14.2 Å². The zero-order valence-electron chi connectivity index (χ0n) is 14.5. The molecule has 0 spiro atoms. The van der Waals surface area contributed by atoms with Crippen LogP contribution >= 0.6 is 22.6 Å². The van der Waals surface area contributed by atoms with E-state index in [2.05, 4.69) is 28.7 Å². The van der Waals surface area contributed by atoms with E-state index in [0.717, 1.165) is 12.0 Å². The summed E-state index contributed by atoms with van der Waals surface area (Å²) >= 11 is 2.15. The van der Waals surface area contributed by atoms with Crippen molar-refractivity contribution < 1.29 is 23.8 Å². The van der Waals surface area contributed by atoms with Crippen molar-refractivity contribution >= 4 is 34.5 Å². The number of ether oxygens (including phenoxy) is 3. The molecule has 3 atom stereocenters. The number of fused-ring (bicyclic) bond motifs is 3. The topological polar surface area (TPSA) is 61.8 Å². The van der Waals surface area contributed by atoms with Crippen molar-refractivity contribution in [2.75, 3.05) is 0 Å². The van der Waals surface area contributed by atoms with Crippen molar-refractivity contribution in [3.8, 4) is 5.75 Å². The highest BCUT2D eigenvalue weighted by atomic mass is 127. The maximum absolute atomic E-state index is 12.9. The molecule has 2 aliphatic rings. The molecule has 1 aromatic rings. The van der Waals surface area contributed by atoms with Crippen molar-refractivity contribution in [2.24, 2.45) is 0 Å². The predicted octanol–water partition coefficient (Wildman–Crippen LogP) is 4.14. The lowest BCUT2D eigenvalue weighted by Gasteiger charge is -2.31. The monoisotopic (exact) mass is 468 g/mol. The summed E-state index contributed by atoms with van der Waals surface area (Å²) in [4.78, 5) is 24.4. The van der Waals surface area contributed by atoms with Gasteiger partial charge in [-0.2, -0.15) is 0 Å². The summed E-state index contributed by atoms with van der Waals surface area (Å²) in [5.41, 5.74) is 1.07. The highest BCUT2D eigenvalue weighted by molar-refractivity contribution is 14.1. The number of carbonyl (C=O) groups excluding carboxylic acids is 2. The molecule has 2 aliphatic heterocycles. The maximum Gasteiger partial charge on any atom is 0.342 e. The molecule has 0 radical (unpaired) electrons. The Labute approximate surface area is 166 Å². The summed E-state index contributed by atoms with van der Waals surface area (Å²) < 4.78 is 19.1. The molecule has 0 saturated heterocycles. The van der Waals surface area contributed by atoms with E-state index in [-0.39, 0.29) is 24.1 Å². The third-order valence-electron chi connectivity index (χ3n) is 4.40. The van der Waals surface area contributed by atoms with E-state index >= 15 is 0 Å². The first-order valence-electron chi connectivity index (χ1n) is 8.65. The summed E-state index contributed by atoms with van der Waals surface area (Å²) in [7, 11) is 0. The van der Waals surface area contributed by atoms with Crippen LogP contribution in [0.1, 0.15) is 42.1 Å². The molecular weight excluding hydrogens is 447 g/mol. The first kappa shape index (κ1) is 19.1. The Morgan fingerprint density at radius 2 is 2.27 bits per heavy atom. The van der Waals surface area contributed by atoms with Crippen molar-refractivity contribution in [2.45, 2.75) is 50.9 Å². The smallest absolute Gasteiger partial charge is 0.342 e. The number of halogens is 1. The van der Waals surface area contributed by atoms with Crippen LogP contribution in [0.4, 0.5) is 0 Å². The Bertz CT molecular complexity index is 740. The highest BCUT2D eigenvalue weighted by Crippen LogP contribution is 2.30. The van der Waals surface area contributed by atoms with Crippen LogP contribution in [0.5, 0.6) is 5.75 Å². The second-order valence-electron chi connectivity index (χ2n) is 6.41. The molecule has 0 N–H and O–H groups in total. The van der Waals surface area contributed by atoms with Crippen molar-refractivity contribution in [1.29, 1.82) is 0 Å². The van der Waals surface area contributed by atoms with Crippen LogP contribution in [0.25, 0.3) is 0 Å². The molecule has 3 rings (SSSR count). The Hall–Kier alpha value is -1.67. The summed E-state index contributed by atoms with van der Waals surface area (Å²) in [6, 6.07) is 5.25. The van der Waals surface area contributed by atoms with Gasteiger partial charge in [-0.15, -0.1) is 0 Å². The maximum atomic E-state index is 12.9. The minimum Gasteiger partial charge on any atom is -0.458 e. The number of carbonyl (C=O) groups is 2. The van der Waals surface area contributed by atoms with E-state index in [1.54, 1.807) is 12.1 Å². The van der Waals surface area contributed by atoms with E-state index in [0.29, 0.717) is 24.8 Å². The van der Waals surface area contributed by atoms with Crippen molar-refractivity contribution in [1.82, 2.24) is 0 Å². The van der Waals surface area contributed by atoms with Gasteiger partial charge in [-0.25, -0.2) is 4.79 Å². The Balaban J connectivity index is 2.00. The summed E-state index contributed by atoms with van der Waals surface area (Å²) in [6.07, 6.45) is 8.38. The number of cyclic esters (lactones) is 1. The van der Waals surface area contributed by atoms with Gasteiger partial charge in [-0.05, 0) is 22.1 Å². The lowest BCUT2D eigenvalue weighted by molar-refractivity contribution is -0.131. The molecular formula is C20H21IO5. The van der Waals surface area contributed by atoms with Crippen molar-refractivity contribution in [3.05, 3.63) is 51.6 Å². The van der Waals surface area contributed by atoms with Crippen LogP contribution in [0, 0.1) is 0 Å². The van der Waals surface area contributed by atoms with Gasteiger partial charge in [-0.1, -0.05) is 53.0 Å². The minimum absolute atomic E-state index is 0.0311. The Kier molecular flexibility index (Phi) is 6.48. The largest absolute Gasteiger partial charge is 0.458 e. The molecule has 0 fully saturated rings. The number of hydrogen-bond acceptors (Lipinski definition) is 5. The molecule has 0 saturated carbocycles. The van der Waals surface area contributed by atoms with Gasteiger partial charge >= 0.3 is 11.9 Å². The molecule has 1 aromatic carbocycles. The third kappa shape index (κ3) is 4.73. The lowest BCUT2D eigenvalue weighted by atomic mass is 9.96. The van der Waals surface area contributed by atoms with Crippen LogP contribution in [0.2, 0.25) is 0 Å². The Morgan fingerprint density at radius 3 is 3.04 bits per heavy atom. The average molecular weight is 468 g/mol. The molecule has 2 heterocycles. The Morgan fingerprint density at radius 1 is 1.42 bits per heavy atom. The summed E-state index contributed by atoms with van der Waals surface area (Å²) in [6.45, 7) is 1.32. The van der Waals surface area contributed by atoms with Crippen LogP contribution in [0.3, 0.4) is 0 Å². The standard InChI is InChI=1S/C20H21IO5/c1-13(22)24-18-9-2-5-14-11-15-6-3-7-16(25-15)12-17(8-4-10-21)26-20(23)19(14)18/h2-6,9-10,15-17H,7-8,11-12H2,1H3/b10-4-/t15-,16-,17+/m1/s1.